The first-order valence-corrected chi connectivity index (χ1v) is 11.0. The molecule has 1 heterocycles. The molecule has 0 nitrogen and oxygen atoms in total. The summed E-state index contributed by atoms with van der Waals surface area (Å²) >= 11 is 2.09. The van der Waals surface area contributed by atoms with Gasteiger partial charge in [0.15, 0.2) is 0 Å². The maximum atomic E-state index is 2.55. The van der Waals surface area contributed by atoms with E-state index < -0.39 is 0 Å². The highest BCUT2D eigenvalue weighted by Crippen LogP contribution is 2.50. The minimum absolute atomic E-state index is 0.162. The number of hydrogen-bond donors (Lipinski definition) is 0. The van der Waals surface area contributed by atoms with Crippen molar-refractivity contribution < 1.29 is 0 Å². The van der Waals surface area contributed by atoms with Gasteiger partial charge >= 0.3 is 0 Å². The smallest absolute Gasteiger partial charge is 0.0322 e. The summed E-state index contributed by atoms with van der Waals surface area (Å²) in [4.78, 5) is 1.50. The lowest BCUT2D eigenvalue weighted by atomic mass is 9.91. The third-order valence-corrected chi connectivity index (χ3v) is 6.52. The molecular weight excluding hydrogens is 276 g/mol. The molecule has 0 radical (unpaired) electrons. The van der Waals surface area contributed by atoms with Gasteiger partial charge in [0.2, 0.25) is 0 Å². The van der Waals surface area contributed by atoms with Crippen LogP contribution >= 0.6 is 11.8 Å². The summed E-state index contributed by atoms with van der Waals surface area (Å²) < 4.78 is 0. The molecule has 0 saturated carbocycles. The topological polar surface area (TPSA) is 0 Å². The van der Waals surface area contributed by atoms with Crippen LogP contribution in [0.15, 0.2) is 58.6 Å². The predicted molar refractivity (Wildman–Crippen MR) is 94.8 cm³/mol. The van der Waals surface area contributed by atoms with E-state index in [1.807, 2.05) is 0 Å². The van der Waals surface area contributed by atoms with Gasteiger partial charge in [-0.15, -0.1) is 17.4 Å². The van der Waals surface area contributed by atoms with Gasteiger partial charge in [-0.25, -0.2) is 0 Å². The summed E-state index contributed by atoms with van der Waals surface area (Å²) in [5.74, 6) is 0.539. The van der Waals surface area contributed by atoms with E-state index in [1.54, 1.807) is 5.57 Å². The average Bonchev–Trinajstić information content (AvgIpc) is 3.09. The molecule has 3 aliphatic rings. The molecule has 0 fully saturated rings. The van der Waals surface area contributed by atoms with Crippen LogP contribution in [-0.2, 0) is 0 Å². The van der Waals surface area contributed by atoms with Gasteiger partial charge in [0, 0.05) is 16.1 Å². The number of rotatable bonds is 5. The lowest BCUT2D eigenvalue weighted by molar-refractivity contribution is 0.743. The normalized spacial score (nSPS) is 23.7. The molecule has 0 aromatic rings. The van der Waals surface area contributed by atoms with E-state index >= 15 is 0 Å². The molecule has 0 aromatic carbocycles. The van der Waals surface area contributed by atoms with Gasteiger partial charge in [0.25, 0.3) is 0 Å². The summed E-state index contributed by atoms with van der Waals surface area (Å²) in [7, 11) is -0.162. The Morgan fingerprint density at radius 2 is 2.00 bits per heavy atom. The molecule has 104 valence electrons. The molecule has 1 unspecified atom stereocenters. The zero-order chi connectivity index (χ0) is 13.9. The van der Waals surface area contributed by atoms with Crippen LogP contribution in [0.3, 0.4) is 0 Å². The third kappa shape index (κ3) is 2.91. The summed E-state index contributed by atoms with van der Waals surface area (Å²) in [6.45, 7) is 4.74. The number of unbranched alkanes of at least 4 members (excludes halogenated alkanes) is 1. The first kappa shape index (κ1) is 14.1. The van der Waals surface area contributed by atoms with Gasteiger partial charge in [-0.2, -0.15) is 0 Å². The minimum atomic E-state index is -0.162. The SMILES string of the molecule is C[Si](C)=CCCCC1SC2=CC=CC2=C1C1C=CC=C1. The molecule has 0 amide bonds. The highest BCUT2D eigenvalue weighted by atomic mass is 32.2. The van der Waals surface area contributed by atoms with Crippen LogP contribution in [-0.4, -0.2) is 19.3 Å². The molecule has 0 saturated heterocycles. The van der Waals surface area contributed by atoms with Gasteiger partial charge in [-0.1, -0.05) is 49.6 Å². The summed E-state index contributed by atoms with van der Waals surface area (Å²) in [6, 6.07) is 0. The van der Waals surface area contributed by atoms with Gasteiger partial charge < -0.3 is 0 Å². The lowest BCUT2D eigenvalue weighted by Gasteiger charge is -2.17. The molecule has 0 N–H and O–H groups in total. The van der Waals surface area contributed by atoms with Crippen LogP contribution in [0.1, 0.15) is 19.3 Å². The standard InChI is InChI=1S/C18H22SSi/c1-20(2)13-6-5-11-17-18(14-8-3-4-9-14)15-10-7-12-16(15)19-17/h3-4,7-10,12-14,17H,5-6,11H2,1-2H3. The molecule has 3 rings (SSSR count). The molecule has 0 bridgehead atoms. The minimum Gasteiger partial charge on any atom is -0.118 e. The van der Waals surface area contributed by atoms with Crippen molar-refractivity contribution in [2.45, 2.75) is 37.6 Å². The fourth-order valence-electron chi connectivity index (χ4n) is 3.08. The van der Waals surface area contributed by atoms with Gasteiger partial charge in [0.1, 0.15) is 0 Å². The highest BCUT2D eigenvalue weighted by Gasteiger charge is 2.33. The highest BCUT2D eigenvalue weighted by molar-refractivity contribution is 8.04. The number of fused-ring (bicyclic) bond motifs is 1. The molecule has 0 aromatic heterocycles. The quantitative estimate of drug-likeness (QED) is 0.514. The fraction of sp³-hybridized carbons (Fsp3) is 0.389. The van der Waals surface area contributed by atoms with Crippen LogP contribution in [0.4, 0.5) is 0 Å². The Balaban J connectivity index is 1.72. The van der Waals surface area contributed by atoms with Crippen molar-refractivity contribution in [3.8, 4) is 0 Å². The zero-order valence-electron chi connectivity index (χ0n) is 12.3. The Kier molecular flexibility index (Phi) is 4.42. The fourth-order valence-corrected chi connectivity index (χ4v) is 5.33. The molecular formula is C18H22SSi. The van der Waals surface area contributed by atoms with Crippen molar-refractivity contribution in [2.75, 3.05) is 0 Å². The van der Waals surface area contributed by atoms with Crippen LogP contribution in [0, 0.1) is 5.92 Å². The largest absolute Gasteiger partial charge is 0.118 e. The van der Waals surface area contributed by atoms with E-state index in [2.05, 4.69) is 73.1 Å². The first-order valence-electron chi connectivity index (χ1n) is 7.53. The van der Waals surface area contributed by atoms with Gasteiger partial charge in [-0.05, 0) is 44.9 Å². The Morgan fingerprint density at radius 3 is 2.75 bits per heavy atom. The van der Waals surface area contributed by atoms with Crippen molar-refractivity contribution in [1.29, 1.82) is 0 Å². The van der Waals surface area contributed by atoms with Crippen LogP contribution in [0.5, 0.6) is 0 Å². The summed E-state index contributed by atoms with van der Waals surface area (Å²) in [5.41, 5.74) is 5.71. The Bertz CT molecular complexity index is 556. The summed E-state index contributed by atoms with van der Waals surface area (Å²) in [6.07, 6.45) is 19.8. The van der Waals surface area contributed by atoms with Crippen molar-refractivity contribution in [1.82, 2.24) is 0 Å². The van der Waals surface area contributed by atoms with Crippen LogP contribution in [0.25, 0.3) is 0 Å². The second-order valence-corrected chi connectivity index (χ2v) is 9.68. The third-order valence-electron chi connectivity index (χ3n) is 4.03. The molecule has 1 aliphatic heterocycles. The average molecular weight is 299 g/mol. The number of thioether (sulfide) groups is 1. The molecule has 0 spiro atoms. The summed E-state index contributed by atoms with van der Waals surface area (Å²) in [5, 5.41) is 0.691. The monoisotopic (exact) mass is 298 g/mol. The van der Waals surface area contributed by atoms with E-state index in [4.69, 9.17) is 0 Å². The Morgan fingerprint density at radius 1 is 1.20 bits per heavy atom. The van der Waals surface area contributed by atoms with Crippen molar-refractivity contribution >= 4 is 25.8 Å². The molecule has 1 atom stereocenters. The van der Waals surface area contributed by atoms with E-state index in [0.717, 1.165) is 0 Å². The van der Waals surface area contributed by atoms with Crippen LogP contribution < -0.4 is 0 Å². The molecule has 2 heteroatoms. The van der Waals surface area contributed by atoms with Crippen molar-refractivity contribution in [3.63, 3.8) is 0 Å². The first-order chi connectivity index (χ1) is 9.75. The number of allylic oxidation sites excluding steroid dienone is 8. The molecule has 20 heavy (non-hydrogen) atoms. The lowest BCUT2D eigenvalue weighted by Crippen LogP contribution is -2.10. The second-order valence-electron chi connectivity index (χ2n) is 5.87. The number of hydrogen-bond acceptors (Lipinski definition) is 1. The van der Waals surface area contributed by atoms with E-state index in [9.17, 15) is 0 Å². The van der Waals surface area contributed by atoms with E-state index in [-0.39, 0.29) is 8.41 Å². The van der Waals surface area contributed by atoms with Crippen molar-refractivity contribution in [3.05, 3.63) is 58.6 Å². The van der Waals surface area contributed by atoms with Gasteiger partial charge in [0.05, 0.1) is 0 Å². The Labute approximate surface area is 128 Å². The van der Waals surface area contributed by atoms with Crippen LogP contribution in [0.2, 0.25) is 13.1 Å². The maximum absolute atomic E-state index is 2.55. The van der Waals surface area contributed by atoms with E-state index in [1.165, 1.54) is 29.7 Å². The maximum Gasteiger partial charge on any atom is 0.0322 e. The van der Waals surface area contributed by atoms with E-state index in [0.29, 0.717) is 11.2 Å². The second kappa shape index (κ2) is 6.27. The van der Waals surface area contributed by atoms with Gasteiger partial charge in [-0.3, -0.25) is 0 Å². The molecule has 2 aliphatic carbocycles. The predicted octanol–water partition coefficient (Wildman–Crippen LogP) is 4.90. The Hall–Kier alpha value is -0.863. The van der Waals surface area contributed by atoms with Crippen molar-refractivity contribution in [2.24, 2.45) is 5.92 Å². The zero-order valence-corrected chi connectivity index (χ0v) is 14.1.